The zero-order valence-electron chi connectivity index (χ0n) is 11.2. The summed E-state index contributed by atoms with van der Waals surface area (Å²) in [6.07, 6.45) is 2.43. The SMILES string of the molecule is CCCCOC(=O)COc1c(C=O)cccc1OC. The van der Waals surface area contributed by atoms with E-state index in [9.17, 15) is 9.59 Å². The van der Waals surface area contributed by atoms with Crippen LogP contribution < -0.4 is 9.47 Å². The van der Waals surface area contributed by atoms with Gasteiger partial charge in [0.1, 0.15) is 0 Å². The normalized spacial score (nSPS) is 9.79. The second-order valence-electron chi connectivity index (χ2n) is 3.86. The first-order valence-corrected chi connectivity index (χ1v) is 6.13. The summed E-state index contributed by atoms with van der Waals surface area (Å²) in [5, 5.41) is 0. The lowest BCUT2D eigenvalue weighted by Gasteiger charge is -2.12. The number of hydrogen-bond donors (Lipinski definition) is 0. The highest BCUT2D eigenvalue weighted by Crippen LogP contribution is 2.29. The van der Waals surface area contributed by atoms with Crippen molar-refractivity contribution in [3.63, 3.8) is 0 Å². The predicted octanol–water partition coefficient (Wildman–Crippen LogP) is 2.23. The molecular weight excluding hydrogens is 248 g/mol. The Balaban J connectivity index is 2.61. The van der Waals surface area contributed by atoms with Gasteiger partial charge < -0.3 is 14.2 Å². The molecule has 0 spiro atoms. The van der Waals surface area contributed by atoms with E-state index in [1.807, 2.05) is 6.92 Å². The number of unbranched alkanes of at least 4 members (excludes halogenated alkanes) is 1. The van der Waals surface area contributed by atoms with Gasteiger partial charge in [0.05, 0.1) is 19.3 Å². The van der Waals surface area contributed by atoms with Gasteiger partial charge in [0.15, 0.2) is 24.4 Å². The van der Waals surface area contributed by atoms with Gasteiger partial charge in [-0.15, -0.1) is 0 Å². The molecule has 5 nitrogen and oxygen atoms in total. The van der Waals surface area contributed by atoms with E-state index in [1.165, 1.54) is 7.11 Å². The van der Waals surface area contributed by atoms with Gasteiger partial charge >= 0.3 is 5.97 Å². The molecule has 0 amide bonds. The van der Waals surface area contributed by atoms with E-state index >= 15 is 0 Å². The van der Waals surface area contributed by atoms with Crippen LogP contribution in [0.3, 0.4) is 0 Å². The maximum Gasteiger partial charge on any atom is 0.344 e. The van der Waals surface area contributed by atoms with Gasteiger partial charge in [0.2, 0.25) is 0 Å². The minimum Gasteiger partial charge on any atom is -0.493 e. The first-order chi connectivity index (χ1) is 9.22. The highest BCUT2D eigenvalue weighted by Gasteiger charge is 2.12. The molecule has 0 radical (unpaired) electrons. The number of carbonyl (C=O) groups excluding carboxylic acids is 2. The Morgan fingerprint density at radius 2 is 2.16 bits per heavy atom. The summed E-state index contributed by atoms with van der Waals surface area (Å²) in [5.41, 5.74) is 0.334. The highest BCUT2D eigenvalue weighted by molar-refractivity contribution is 5.81. The number of rotatable bonds is 8. The van der Waals surface area contributed by atoms with E-state index in [4.69, 9.17) is 14.2 Å². The standard InChI is InChI=1S/C14H18O5/c1-3-4-8-18-13(16)10-19-14-11(9-15)6-5-7-12(14)17-2/h5-7,9H,3-4,8,10H2,1-2H3. The molecule has 0 saturated heterocycles. The van der Waals surface area contributed by atoms with E-state index in [1.54, 1.807) is 18.2 Å². The van der Waals surface area contributed by atoms with Gasteiger partial charge in [-0.3, -0.25) is 4.79 Å². The van der Waals surface area contributed by atoms with Crippen molar-refractivity contribution in [3.8, 4) is 11.5 Å². The average Bonchev–Trinajstić information content (AvgIpc) is 2.44. The van der Waals surface area contributed by atoms with Gasteiger partial charge in [-0.2, -0.15) is 0 Å². The molecule has 0 N–H and O–H groups in total. The Hall–Kier alpha value is -2.04. The van der Waals surface area contributed by atoms with Crippen molar-refractivity contribution in [2.45, 2.75) is 19.8 Å². The molecule has 0 fully saturated rings. The molecule has 104 valence electrons. The number of benzene rings is 1. The van der Waals surface area contributed by atoms with Crippen molar-refractivity contribution in [3.05, 3.63) is 23.8 Å². The summed E-state index contributed by atoms with van der Waals surface area (Å²) in [6, 6.07) is 4.92. The second-order valence-corrected chi connectivity index (χ2v) is 3.86. The molecule has 1 aromatic carbocycles. The van der Waals surface area contributed by atoms with Crippen LogP contribution in [0.5, 0.6) is 11.5 Å². The minimum atomic E-state index is -0.462. The van der Waals surface area contributed by atoms with Crippen LogP contribution in [0.4, 0.5) is 0 Å². The number of hydrogen-bond acceptors (Lipinski definition) is 5. The largest absolute Gasteiger partial charge is 0.493 e. The van der Waals surface area contributed by atoms with Crippen molar-refractivity contribution < 1.29 is 23.8 Å². The summed E-state index contributed by atoms with van der Waals surface area (Å²) in [5.74, 6) is 0.203. The van der Waals surface area contributed by atoms with Gasteiger partial charge in [0.25, 0.3) is 0 Å². The summed E-state index contributed by atoms with van der Waals surface area (Å²) in [6.45, 7) is 2.14. The molecule has 0 aliphatic rings. The fraction of sp³-hybridized carbons (Fsp3) is 0.429. The highest BCUT2D eigenvalue weighted by atomic mass is 16.6. The molecule has 1 aromatic rings. The summed E-state index contributed by atoms with van der Waals surface area (Å²) in [7, 11) is 1.47. The zero-order chi connectivity index (χ0) is 14.1. The Bertz CT molecular complexity index is 428. The number of ether oxygens (including phenoxy) is 3. The van der Waals surface area contributed by atoms with Gasteiger partial charge in [-0.25, -0.2) is 4.79 Å². The van der Waals surface area contributed by atoms with Crippen molar-refractivity contribution >= 4 is 12.3 Å². The molecule has 0 unspecified atom stereocenters. The van der Waals surface area contributed by atoms with Crippen molar-refractivity contribution in [1.29, 1.82) is 0 Å². The Labute approximate surface area is 112 Å². The third-order valence-electron chi connectivity index (χ3n) is 2.45. The number of esters is 1. The van der Waals surface area contributed by atoms with Gasteiger partial charge in [-0.05, 0) is 18.6 Å². The van der Waals surface area contributed by atoms with Crippen LogP contribution in [0.25, 0.3) is 0 Å². The van der Waals surface area contributed by atoms with E-state index in [0.717, 1.165) is 12.8 Å². The molecule has 0 aliphatic heterocycles. The first kappa shape index (κ1) is 15.0. The molecule has 1 rings (SSSR count). The van der Waals surface area contributed by atoms with Crippen LogP contribution in [-0.2, 0) is 9.53 Å². The third-order valence-corrected chi connectivity index (χ3v) is 2.45. The van der Waals surface area contributed by atoms with E-state index in [-0.39, 0.29) is 12.4 Å². The number of aldehydes is 1. The van der Waals surface area contributed by atoms with Crippen LogP contribution in [-0.4, -0.2) is 32.6 Å². The van der Waals surface area contributed by atoms with E-state index in [0.29, 0.717) is 24.2 Å². The fourth-order valence-corrected chi connectivity index (χ4v) is 1.44. The summed E-state index contributed by atoms with van der Waals surface area (Å²) >= 11 is 0. The number of carbonyl (C=O) groups is 2. The zero-order valence-corrected chi connectivity index (χ0v) is 11.2. The maximum absolute atomic E-state index is 11.4. The summed E-state index contributed by atoms with van der Waals surface area (Å²) < 4.78 is 15.4. The second kappa shape index (κ2) is 8.13. The van der Waals surface area contributed by atoms with Crippen LogP contribution in [0.2, 0.25) is 0 Å². The maximum atomic E-state index is 11.4. The van der Waals surface area contributed by atoms with Gasteiger partial charge in [0, 0.05) is 0 Å². The van der Waals surface area contributed by atoms with Crippen LogP contribution in [0.1, 0.15) is 30.1 Å². The third kappa shape index (κ3) is 4.62. The van der Waals surface area contributed by atoms with Gasteiger partial charge in [-0.1, -0.05) is 19.4 Å². The molecule has 0 saturated carbocycles. The molecule has 0 aliphatic carbocycles. The van der Waals surface area contributed by atoms with Crippen molar-refractivity contribution in [2.75, 3.05) is 20.3 Å². The fourth-order valence-electron chi connectivity index (χ4n) is 1.44. The number of methoxy groups -OCH3 is 1. The molecule has 0 atom stereocenters. The predicted molar refractivity (Wildman–Crippen MR) is 69.7 cm³/mol. The lowest BCUT2D eigenvalue weighted by molar-refractivity contribution is -0.146. The van der Waals surface area contributed by atoms with E-state index < -0.39 is 5.97 Å². The monoisotopic (exact) mass is 266 g/mol. The molecule has 0 aromatic heterocycles. The van der Waals surface area contributed by atoms with Crippen LogP contribution >= 0.6 is 0 Å². The molecule has 0 heterocycles. The molecule has 0 bridgehead atoms. The van der Waals surface area contributed by atoms with Crippen LogP contribution in [0.15, 0.2) is 18.2 Å². The minimum absolute atomic E-state index is 0.245. The molecular formula is C14H18O5. The number of para-hydroxylation sites is 1. The quantitative estimate of drug-likeness (QED) is 0.410. The Morgan fingerprint density at radius 3 is 2.79 bits per heavy atom. The van der Waals surface area contributed by atoms with Crippen LogP contribution in [0, 0.1) is 0 Å². The first-order valence-electron chi connectivity index (χ1n) is 6.13. The lowest BCUT2D eigenvalue weighted by atomic mass is 10.2. The van der Waals surface area contributed by atoms with E-state index in [2.05, 4.69) is 0 Å². The van der Waals surface area contributed by atoms with Crippen molar-refractivity contribution in [2.24, 2.45) is 0 Å². The Morgan fingerprint density at radius 1 is 1.37 bits per heavy atom. The van der Waals surface area contributed by atoms with Crippen molar-refractivity contribution in [1.82, 2.24) is 0 Å². The topological polar surface area (TPSA) is 61.8 Å². The smallest absolute Gasteiger partial charge is 0.344 e. The molecule has 19 heavy (non-hydrogen) atoms. The Kier molecular flexibility index (Phi) is 6.43. The molecule has 5 heteroatoms. The summed E-state index contributed by atoms with van der Waals surface area (Å²) in [4.78, 5) is 22.3. The average molecular weight is 266 g/mol. The lowest BCUT2D eigenvalue weighted by Crippen LogP contribution is -2.16.